The van der Waals surface area contributed by atoms with Crippen LogP contribution >= 0.6 is 0 Å². The van der Waals surface area contributed by atoms with Gasteiger partial charge in [-0.2, -0.15) is 0 Å². The van der Waals surface area contributed by atoms with Crippen molar-refractivity contribution in [2.45, 2.75) is 88.0 Å². The molecule has 3 aromatic rings. The molecule has 1 aromatic carbocycles. The molecule has 0 aliphatic rings. The third-order valence-corrected chi connectivity index (χ3v) is 8.41. The minimum Gasteiger partial charge on any atom is -0.360 e. The van der Waals surface area contributed by atoms with E-state index in [9.17, 15) is 4.79 Å². The summed E-state index contributed by atoms with van der Waals surface area (Å²) in [6.45, 7) is 24.0. The average molecular weight is 614 g/mol. The van der Waals surface area contributed by atoms with Gasteiger partial charge in [0.2, 0.25) is 0 Å². The van der Waals surface area contributed by atoms with Crippen LogP contribution in [0.3, 0.4) is 0 Å². The van der Waals surface area contributed by atoms with Gasteiger partial charge in [0.05, 0.1) is 17.5 Å². The van der Waals surface area contributed by atoms with Crippen molar-refractivity contribution in [3.8, 4) is 11.1 Å². The second-order valence-corrected chi connectivity index (χ2v) is 11.8. The van der Waals surface area contributed by atoms with E-state index in [1.54, 1.807) is 19.3 Å². The van der Waals surface area contributed by atoms with Crippen LogP contribution in [0.4, 0.5) is 5.69 Å². The number of carbonyl (C=O) groups is 1. The van der Waals surface area contributed by atoms with Crippen LogP contribution in [0.1, 0.15) is 93.6 Å². The first kappa shape index (κ1) is 39.2. The van der Waals surface area contributed by atoms with E-state index in [1.165, 1.54) is 25.7 Å². The van der Waals surface area contributed by atoms with Gasteiger partial charge in [-0.1, -0.05) is 98.6 Å². The van der Waals surface area contributed by atoms with E-state index in [0.717, 1.165) is 69.7 Å². The Kier molecular flexibility index (Phi) is 19.0. The van der Waals surface area contributed by atoms with Crippen molar-refractivity contribution in [1.82, 2.24) is 9.97 Å². The Morgan fingerprint density at radius 1 is 1.07 bits per heavy atom. The van der Waals surface area contributed by atoms with Crippen molar-refractivity contribution in [3.05, 3.63) is 66.6 Å². The fourth-order valence-corrected chi connectivity index (χ4v) is 5.01. The van der Waals surface area contributed by atoms with Crippen LogP contribution in [0.2, 0.25) is 0 Å². The molecule has 2 N–H and O–H groups in total. The summed E-state index contributed by atoms with van der Waals surface area (Å²) in [7, 11) is 1.77. The molecular formula is C39H59N5O. The number of fused-ring (bicyclic) bond motifs is 1. The number of anilines is 1. The fourth-order valence-electron chi connectivity index (χ4n) is 5.01. The van der Waals surface area contributed by atoms with Crippen molar-refractivity contribution in [1.29, 1.82) is 0 Å². The fraction of sp³-hybridized carbons (Fsp3) is 0.487. The molecule has 3 rings (SSSR count). The maximum absolute atomic E-state index is 10.7. The van der Waals surface area contributed by atoms with Crippen molar-refractivity contribution in [2.24, 2.45) is 33.7 Å². The van der Waals surface area contributed by atoms with E-state index in [1.807, 2.05) is 52.4 Å². The topological polar surface area (TPSA) is 82.5 Å². The van der Waals surface area contributed by atoms with E-state index in [2.05, 4.69) is 90.7 Å². The predicted molar refractivity (Wildman–Crippen MR) is 200 cm³/mol. The minimum atomic E-state index is 0.588. The molecular weight excluding hydrogens is 554 g/mol. The Labute approximate surface area is 273 Å². The maximum Gasteiger partial charge on any atom is 0.151 e. The molecule has 6 heteroatoms. The standard InChI is InChI=1S/C19H35NO.C18H18N4.C2H6/c1-7-9-19(11-10-16(5)15(3)4)17(6)12-20-13-18(8-2)14-21;1-4-13-5-6-14(9-17(13)22-12(2)19-3)16-10-20-11-18-15(16)7-8-21-18;1-2/h8,13-17,19H,7,9-12H2,1-6H3;4-11,21H,1H2,2-3H3,(H,19,22);1-2H3/b18-8+,20-13?;;. The Morgan fingerprint density at radius 2 is 1.80 bits per heavy atom. The third kappa shape index (κ3) is 13.0. The maximum atomic E-state index is 10.7. The van der Waals surface area contributed by atoms with Crippen molar-refractivity contribution < 1.29 is 4.79 Å². The van der Waals surface area contributed by atoms with Gasteiger partial charge < -0.3 is 10.3 Å². The lowest BCUT2D eigenvalue weighted by Gasteiger charge is -2.25. The number of amidine groups is 1. The molecule has 0 saturated carbocycles. The second-order valence-electron chi connectivity index (χ2n) is 11.8. The second kappa shape index (κ2) is 21.8. The zero-order chi connectivity index (χ0) is 33.8. The van der Waals surface area contributed by atoms with E-state index in [0.29, 0.717) is 11.5 Å². The Hall–Kier alpha value is -3.80. The van der Waals surface area contributed by atoms with E-state index in [-0.39, 0.29) is 0 Å². The summed E-state index contributed by atoms with van der Waals surface area (Å²) >= 11 is 0. The quantitative estimate of drug-likeness (QED) is 0.0821. The minimum absolute atomic E-state index is 0.588. The molecule has 2 aromatic heterocycles. The molecule has 0 radical (unpaired) electrons. The van der Waals surface area contributed by atoms with Gasteiger partial charge in [0, 0.05) is 54.4 Å². The molecule has 0 spiro atoms. The van der Waals surface area contributed by atoms with Gasteiger partial charge in [0.25, 0.3) is 0 Å². The normalized spacial score (nSPS) is 13.8. The number of aliphatic imine (C=N–C) groups is 2. The molecule has 0 amide bonds. The number of aromatic nitrogens is 2. The zero-order valence-electron chi connectivity index (χ0n) is 29.7. The highest BCUT2D eigenvalue weighted by atomic mass is 16.1. The van der Waals surface area contributed by atoms with E-state index in [4.69, 9.17) is 0 Å². The molecule has 0 saturated heterocycles. The molecule has 3 unspecified atom stereocenters. The molecule has 0 aliphatic carbocycles. The number of hydrogen-bond donors (Lipinski definition) is 2. The summed E-state index contributed by atoms with van der Waals surface area (Å²) in [6.07, 6.45) is 17.0. The van der Waals surface area contributed by atoms with Gasteiger partial charge in [0.1, 0.15) is 0 Å². The predicted octanol–water partition coefficient (Wildman–Crippen LogP) is 10.7. The summed E-state index contributed by atoms with van der Waals surface area (Å²) < 4.78 is 0. The largest absolute Gasteiger partial charge is 0.360 e. The van der Waals surface area contributed by atoms with Crippen LogP contribution in [0.25, 0.3) is 28.1 Å². The highest BCUT2D eigenvalue weighted by Gasteiger charge is 2.18. The van der Waals surface area contributed by atoms with Gasteiger partial charge in [0.15, 0.2) is 6.29 Å². The summed E-state index contributed by atoms with van der Waals surface area (Å²) in [4.78, 5) is 26.9. The number of nitrogens with one attached hydrogen (secondary N) is 2. The van der Waals surface area contributed by atoms with Crippen LogP contribution in [0.15, 0.2) is 71.1 Å². The lowest BCUT2D eigenvalue weighted by molar-refractivity contribution is -0.104. The highest BCUT2D eigenvalue weighted by molar-refractivity contribution is 6.01. The molecule has 0 fully saturated rings. The van der Waals surface area contributed by atoms with Crippen molar-refractivity contribution in [2.75, 3.05) is 18.9 Å². The Bertz CT molecular complexity index is 1380. The molecule has 3 atom stereocenters. The number of carbonyl (C=O) groups excluding carboxylic acids is 1. The summed E-state index contributed by atoms with van der Waals surface area (Å²) in [5, 5.41) is 4.47. The number of hydrogen-bond acceptors (Lipinski definition) is 4. The zero-order valence-corrected chi connectivity index (χ0v) is 29.7. The molecule has 2 heterocycles. The summed E-state index contributed by atoms with van der Waals surface area (Å²) in [6, 6.07) is 8.32. The van der Waals surface area contributed by atoms with Crippen LogP contribution < -0.4 is 5.32 Å². The first-order chi connectivity index (χ1) is 21.7. The van der Waals surface area contributed by atoms with Gasteiger partial charge in [-0.25, -0.2) is 0 Å². The van der Waals surface area contributed by atoms with Crippen LogP contribution in [0.5, 0.6) is 0 Å². The summed E-state index contributed by atoms with van der Waals surface area (Å²) in [5.41, 5.74) is 5.94. The lowest BCUT2D eigenvalue weighted by Crippen LogP contribution is -2.17. The first-order valence-corrected chi connectivity index (χ1v) is 16.7. The van der Waals surface area contributed by atoms with Crippen molar-refractivity contribution in [3.63, 3.8) is 0 Å². The summed E-state index contributed by atoms with van der Waals surface area (Å²) in [5.74, 6) is 3.76. The highest BCUT2D eigenvalue weighted by Crippen LogP contribution is 2.31. The number of benzene rings is 1. The number of pyridine rings is 1. The van der Waals surface area contributed by atoms with Gasteiger partial charge in [-0.3, -0.25) is 19.8 Å². The SMILES string of the molecule is C/C=C(/C=O)C=NCC(C)C(CCC)CCC(C)C(C)C.C=Cc1ccc(-c2cncc3[nH]ccc23)cc1NC(C)=NC.CC. The van der Waals surface area contributed by atoms with Gasteiger partial charge >= 0.3 is 0 Å². The first-order valence-electron chi connectivity index (χ1n) is 16.7. The number of nitrogens with zero attached hydrogens (tertiary/aromatic N) is 3. The van der Waals surface area contributed by atoms with E-state index < -0.39 is 0 Å². The molecule has 0 aliphatic heterocycles. The number of aldehydes is 1. The molecule has 246 valence electrons. The molecule has 0 bridgehead atoms. The smallest absolute Gasteiger partial charge is 0.151 e. The molecule has 6 nitrogen and oxygen atoms in total. The average Bonchev–Trinajstić information content (AvgIpc) is 3.55. The number of aromatic amines is 1. The monoisotopic (exact) mass is 613 g/mol. The Balaban J connectivity index is 0.000000428. The Morgan fingerprint density at radius 3 is 2.40 bits per heavy atom. The third-order valence-electron chi connectivity index (χ3n) is 8.41. The van der Waals surface area contributed by atoms with Gasteiger partial charge in [-0.15, -0.1) is 0 Å². The number of allylic oxidation sites excluding steroid dienone is 2. The van der Waals surface area contributed by atoms with Crippen LogP contribution in [0, 0.1) is 23.7 Å². The van der Waals surface area contributed by atoms with Crippen LogP contribution in [-0.4, -0.2) is 41.9 Å². The lowest BCUT2D eigenvalue weighted by atomic mass is 9.82. The van der Waals surface area contributed by atoms with Gasteiger partial charge in [-0.05, 0) is 67.2 Å². The molecule has 45 heavy (non-hydrogen) atoms. The van der Waals surface area contributed by atoms with E-state index >= 15 is 0 Å². The van der Waals surface area contributed by atoms with Crippen LogP contribution in [-0.2, 0) is 4.79 Å². The van der Waals surface area contributed by atoms with Crippen molar-refractivity contribution >= 4 is 41.0 Å². The number of H-pyrrole nitrogens is 1. The number of rotatable bonds is 14.